The van der Waals surface area contributed by atoms with Crippen LogP contribution in [-0.2, 0) is 0 Å². The van der Waals surface area contributed by atoms with Gasteiger partial charge in [-0.15, -0.1) is 17.6 Å². The molecule has 0 aliphatic heterocycles. The highest BCUT2D eigenvalue weighted by molar-refractivity contribution is 7.97. The Hall–Kier alpha value is -2.10. The van der Waals surface area contributed by atoms with Crippen LogP contribution in [0.25, 0.3) is 11.3 Å². The molecule has 0 aliphatic carbocycles. The number of nitriles is 1. The SMILES string of the molecule is N#CN=C(S)Nc1ccc(-c2cccnn2)c(Cl)c1. The standard InChI is InChI=1S/C12H8ClN5S/c13-10-6-8(17-12(19)15-7-14)3-4-9(10)11-2-1-5-16-18-11/h1-6H,(H2,15,17,19). The van der Waals surface area contributed by atoms with Crippen molar-refractivity contribution in [2.75, 3.05) is 5.32 Å². The number of benzene rings is 1. The van der Waals surface area contributed by atoms with E-state index in [9.17, 15) is 0 Å². The molecular formula is C12H8ClN5S. The maximum atomic E-state index is 8.39. The smallest absolute Gasteiger partial charge is 0.208 e. The zero-order valence-electron chi connectivity index (χ0n) is 9.58. The second kappa shape index (κ2) is 6.18. The number of hydrogen-bond donors (Lipinski definition) is 2. The first-order chi connectivity index (χ1) is 9.20. The summed E-state index contributed by atoms with van der Waals surface area (Å²) >= 11 is 10.2. The summed E-state index contributed by atoms with van der Waals surface area (Å²) in [6, 6.07) is 8.91. The molecule has 0 spiro atoms. The van der Waals surface area contributed by atoms with Gasteiger partial charge in [0.15, 0.2) is 5.17 Å². The molecule has 0 fully saturated rings. The fraction of sp³-hybridized carbons (Fsp3) is 0. The van der Waals surface area contributed by atoms with Crippen molar-refractivity contribution in [3.05, 3.63) is 41.6 Å². The van der Waals surface area contributed by atoms with Crippen molar-refractivity contribution < 1.29 is 0 Å². The lowest BCUT2D eigenvalue weighted by Gasteiger charge is -2.07. The first-order valence-electron chi connectivity index (χ1n) is 5.21. The number of nitrogens with one attached hydrogen (secondary N) is 1. The van der Waals surface area contributed by atoms with Crippen LogP contribution < -0.4 is 5.32 Å². The second-order valence-electron chi connectivity index (χ2n) is 3.46. The zero-order valence-corrected chi connectivity index (χ0v) is 11.2. The normalized spacial score (nSPS) is 10.9. The molecule has 1 aromatic carbocycles. The molecule has 0 aliphatic rings. The Morgan fingerprint density at radius 3 is 2.89 bits per heavy atom. The van der Waals surface area contributed by atoms with Gasteiger partial charge >= 0.3 is 0 Å². The zero-order chi connectivity index (χ0) is 13.7. The third-order valence-electron chi connectivity index (χ3n) is 2.23. The molecule has 19 heavy (non-hydrogen) atoms. The molecule has 2 aromatic rings. The fourth-order valence-electron chi connectivity index (χ4n) is 1.45. The average molecular weight is 290 g/mol. The van der Waals surface area contributed by atoms with E-state index in [-0.39, 0.29) is 5.17 Å². The van der Waals surface area contributed by atoms with Crippen molar-refractivity contribution in [3.63, 3.8) is 0 Å². The van der Waals surface area contributed by atoms with Crippen LogP contribution in [0.5, 0.6) is 0 Å². The number of amidine groups is 1. The summed E-state index contributed by atoms with van der Waals surface area (Å²) in [5, 5.41) is 19.7. The lowest BCUT2D eigenvalue weighted by molar-refractivity contribution is 1.04. The Morgan fingerprint density at radius 2 is 2.26 bits per heavy atom. The molecule has 0 radical (unpaired) electrons. The Balaban J connectivity index is 2.28. The van der Waals surface area contributed by atoms with Crippen LogP contribution >= 0.6 is 24.2 Å². The Labute approximate surface area is 120 Å². The highest BCUT2D eigenvalue weighted by Crippen LogP contribution is 2.28. The van der Waals surface area contributed by atoms with Crippen molar-refractivity contribution in [1.82, 2.24) is 10.2 Å². The first kappa shape index (κ1) is 13.3. The molecule has 5 nitrogen and oxygen atoms in total. The van der Waals surface area contributed by atoms with Gasteiger partial charge in [-0.1, -0.05) is 11.6 Å². The van der Waals surface area contributed by atoms with Crippen LogP contribution in [0.15, 0.2) is 41.5 Å². The van der Waals surface area contributed by atoms with Gasteiger partial charge in [0.2, 0.25) is 6.19 Å². The van der Waals surface area contributed by atoms with Crippen LogP contribution in [-0.4, -0.2) is 15.4 Å². The van der Waals surface area contributed by atoms with Crippen molar-refractivity contribution >= 4 is 35.1 Å². The van der Waals surface area contributed by atoms with Gasteiger partial charge in [0.25, 0.3) is 0 Å². The molecule has 0 saturated carbocycles. The minimum Gasteiger partial charge on any atom is -0.334 e. The maximum absolute atomic E-state index is 8.39. The predicted molar refractivity (Wildman–Crippen MR) is 78.1 cm³/mol. The van der Waals surface area contributed by atoms with Gasteiger partial charge in [-0.2, -0.15) is 15.5 Å². The number of aliphatic imine (C=N–C) groups is 1. The Morgan fingerprint density at radius 1 is 1.42 bits per heavy atom. The predicted octanol–water partition coefficient (Wildman–Crippen LogP) is 2.98. The minimum absolute atomic E-state index is 0.200. The van der Waals surface area contributed by atoms with E-state index in [4.69, 9.17) is 16.9 Å². The minimum atomic E-state index is 0.200. The van der Waals surface area contributed by atoms with Crippen molar-refractivity contribution in [2.24, 2.45) is 4.99 Å². The van der Waals surface area contributed by atoms with Gasteiger partial charge in [0, 0.05) is 17.4 Å². The number of nitrogens with zero attached hydrogens (tertiary/aromatic N) is 4. The van der Waals surface area contributed by atoms with Crippen molar-refractivity contribution in [1.29, 1.82) is 5.26 Å². The van der Waals surface area contributed by atoms with E-state index in [0.29, 0.717) is 16.4 Å². The molecule has 1 aromatic heterocycles. The monoisotopic (exact) mass is 289 g/mol. The van der Waals surface area contributed by atoms with Gasteiger partial charge in [0.05, 0.1) is 10.7 Å². The number of anilines is 1. The molecule has 0 saturated heterocycles. The molecule has 1 N–H and O–H groups in total. The molecule has 1 heterocycles. The van der Waals surface area contributed by atoms with E-state index < -0.39 is 0 Å². The Bertz CT molecular complexity index is 651. The van der Waals surface area contributed by atoms with Crippen LogP contribution in [0.1, 0.15) is 0 Å². The lowest BCUT2D eigenvalue weighted by atomic mass is 10.1. The molecule has 0 unspecified atom stereocenters. The number of thiol groups is 1. The van der Waals surface area contributed by atoms with Gasteiger partial charge in [-0.3, -0.25) is 0 Å². The van der Waals surface area contributed by atoms with Gasteiger partial charge in [-0.05, 0) is 30.3 Å². The number of rotatable bonds is 2. The van der Waals surface area contributed by atoms with Crippen molar-refractivity contribution in [3.8, 4) is 17.5 Å². The van der Waals surface area contributed by atoms with Gasteiger partial charge < -0.3 is 5.32 Å². The van der Waals surface area contributed by atoms with E-state index in [1.54, 1.807) is 30.6 Å². The molecule has 0 amide bonds. The van der Waals surface area contributed by atoms with Crippen LogP contribution in [0.2, 0.25) is 5.02 Å². The third-order valence-corrected chi connectivity index (χ3v) is 2.75. The fourth-order valence-corrected chi connectivity index (χ4v) is 1.90. The summed E-state index contributed by atoms with van der Waals surface area (Å²) in [6.07, 6.45) is 3.23. The number of halogens is 1. The summed E-state index contributed by atoms with van der Waals surface area (Å²) in [6.45, 7) is 0. The summed E-state index contributed by atoms with van der Waals surface area (Å²) in [5.41, 5.74) is 2.15. The molecule has 0 atom stereocenters. The quantitative estimate of drug-likeness (QED) is 0.386. The van der Waals surface area contributed by atoms with Crippen LogP contribution in [0, 0.1) is 11.5 Å². The number of aromatic nitrogens is 2. The lowest BCUT2D eigenvalue weighted by Crippen LogP contribution is -2.03. The highest BCUT2D eigenvalue weighted by atomic mass is 35.5. The molecule has 7 heteroatoms. The van der Waals surface area contributed by atoms with Gasteiger partial charge in [0.1, 0.15) is 0 Å². The molecule has 0 bridgehead atoms. The van der Waals surface area contributed by atoms with Gasteiger partial charge in [-0.25, -0.2) is 0 Å². The van der Waals surface area contributed by atoms with E-state index in [2.05, 4.69) is 33.1 Å². The van der Waals surface area contributed by atoms with E-state index in [1.165, 1.54) is 0 Å². The third kappa shape index (κ3) is 3.44. The summed E-state index contributed by atoms with van der Waals surface area (Å²) in [4.78, 5) is 3.44. The molecule has 2 rings (SSSR count). The van der Waals surface area contributed by atoms with E-state index in [0.717, 1.165) is 5.56 Å². The number of hydrogen-bond acceptors (Lipinski definition) is 4. The topological polar surface area (TPSA) is 74.0 Å². The average Bonchev–Trinajstić information content (AvgIpc) is 2.40. The van der Waals surface area contributed by atoms with E-state index in [1.807, 2.05) is 12.1 Å². The first-order valence-corrected chi connectivity index (χ1v) is 6.03. The van der Waals surface area contributed by atoms with Crippen LogP contribution in [0.3, 0.4) is 0 Å². The second-order valence-corrected chi connectivity index (χ2v) is 4.29. The molecule has 94 valence electrons. The Kier molecular flexibility index (Phi) is 4.34. The maximum Gasteiger partial charge on any atom is 0.208 e. The summed E-state index contributed by atoms with van der Waals surface area (Å²) in [5.74, 6) is 0. The summed E-state index contributed by atoms with van der Waals surface area (Å²) in [7, 11) is 0. The largest absolute Gasteiger partial charge is 0.334 e. The van der Waals surface area contributed by atoms with Crippen molar-refractivity contribution in [2.45, 2.75) is 0 Å². The molecular weight excluding hydrogens is 282 g/mol. The van der Waals surface area contributed by atoms with Crippen LogP contribution in [0.4, 0.5) is 5.69 Å². The summed E-state index contributed by atoms with van der Waals surface area (Å²) < 4.78 is 0. The van der Waals surface area contributed by atoms with E-state index >= 15 is 0 Å². The highest BCUT2D eigenvalue weighted by Gasteiger charge is 2.06.